The Morgan fingerprint density at radius 1 is 1.25 bits per heavy atom. The molecule has 0 aliphatic rings. The van der Waals surface area contributed by atoms with E-state index in [0.717, 1.165) is 23.3 Å². The fourth-order valence-electron chi connectivity index (χ4n) is 1.87. The van der Waals surface area contributed by atoms with E-state index in [4.69, 9.17) is 10.5 Å². The summed E-state index contributed by atoms with van der Waals surface area (Å²) in [4.78, 5) is 13.4. The normalized spacial score (nSPS) is 10.5. The van der Waals surface area contributed by atoms with E-state index in [9.17, 15) is 4.79 Å². The van der Waals surface area contributed by atoms with Crippen molar-refractivity contribution in [2.24, 2.45) is 0 Å². The van der Waals surface area contributed by atoms with E-state index in [1.165, 1.54) is 16.9 Å². The molecule has 0 aliphatic carbocycles. The van der Waals surface area contributed by atoms with Gasteiger partial charge in [-0.2, -0.15) is 0 Å². The number of carbonyl (C=O) groups is 1. The maximum absolute atomic E-state index is 11.9. The van der Waals surface area contributed by atoms with E-state index in [0.29, 0.717) is 17.2 Å². The molecule has 2 N–H and O–H groups in total. The molecule has 0 atom stereocenters. The Labute approximate surface area is 123 Å². The second-order valence-corrected chi connectivity index (χ2v) is 5.63. The van der Waals surface area contributed by atoms with E-state index in [-0.39, 0.29) is 5.97 Å². The van der Waals surface area contributed by atoms with E-state index < -0.39 is 0 Å². The largest absolute Gasteiger partial charge is 0.461 e. The molecule has 3 nitrogen and oxygen atoms in total. The first-order chi connectivity index (χ1) is 9.65. The highest BCUT2D eigenvalue weighted by Gasteiger charge is 2.16. The summed E-state index contributed by atoms with van der Waals surface area (Å²) in [5.41, 5.74) is 8.78. The van der Waals surface area contributed by atoms with Crippen molar-refractivity contribution in [1.82, 2.24) is 0 Å². The van der Waals surface area contributed by atoms with Crippen LogP contribution < -0.4 is 5.73 Å². The van der Waals surface area contributed by atoms with Crippen LogP contribution in [0.3, 0.4) is 0 Å². The number of rotatable bonds is 5. The monoisotopic (exact) mass is 289 g/mol. The molecule has 106 valence electrons. The second-order valence-electron chi connectivity index (χ2n) is 4.58. The van der Waals surface area contributed by atoms with Gasteiger partial charge in [-0.05, 0) is 30.0 Å². The second kappa shape index (κ2) is 6.57. The first-order valence-corrected chi connectivity index (χ1v) is 7.63. The third-order valence-corrected chi connectivity index (χ3v) is 4.21. The Morgan fingerprint density at radius 2 is 1.95 bits per heavy atom. The van der Waals surface area contributed by atoms with Gasteiger partial charge in [0.2, 0.25) is 0 Å². The lowest BCUT2D eigenvalue weighted by Gasteiger charge is -2.01. The zero-order valence-corrected chi connectivity index (χ0v) is 12.6. The standard InChI is InChI=1S/C16H19NO2S/c1-3-9-19-16(18)15-13(17)10-14(20-15)12-7-5-11(4-2)6-8-12/h5-8,10H,3-4,9,17H2,1-2H3. The Kier molecular flexibility index (Phi) is 4.79. The van der Waals surface area contributed by atoms with E-state index in [1.807, 2.05) is 13.0 Å². The van der Waals surface area contributed by atoms with Crippen molar-refractivity contribution in [1.29, 1.82) is 0 Å². The van der Waals surface area contributed by atoms with Crippen molar-refractivity contribution >= 4 is 23.0 Å². The molecular weight excluding hydrogens is 270 g/mol. The highest BCUT2D eigenvalue weighted by Crippen LogP contribution is 2.33. The number of thiophene rings is 1. The van der Waals surface area contributed by atoms with Gasteiger partial charge in [0, 0.05) is 4.88 Å². The maximum atomic E-state index is 11.9. The predicted molar refractivity (Wildman–Crippen MR) is 84.1 cm³/mol. The van der Waals surface area contributed by atoms with E-state index in [1.54, 1.807) is 0 Å². The topological polar surface area (TPSA) is 52.3 Å². The van der Waals surface area contributed by atoms with Gasteiger partial charge >= 0.3 is 5.97 Å². The van der Waals surface area contributed by atoms with Gasteiger partial charge < -0.3 is 10.5 Å². The number of hydrogen-bond donors (Lipinski definition) is 1. The van der Waals surface area contributed by atoms with Crippen LogP contribution in [0.1, 0.15) is 35.5 Å². The van der Waals surface area contributed by atoms with E-state index in [2.05, 4.69) is 31.2 Å². The molecule has 4 heteroatoms. The molecule has 2 aromatic rings. The van der Waals surface area contributed by atoms with Gasteiger partial charge in [-0.25, -0.2) is 4.79 Å². The van der Waals surface area contributed by atoms with Crippen LogP contribution in [0.5, 0.6) is 0 Å². The lowest BCUT2D eigenvalue weighted by Crippen LogP contribution is -2.05. The van der Waals surface area contributed by atoms with Crippen LogP contribution in [0.25, 0.3) is 10.4 Å². The SMILES string of the molecule is CCCOC(=O)c1sc(-c2ccc(CC)cc2)cc1N. The van der Waals surface area contributed by atoms with Crippen molar-refractivity contribution in [3.63, 3.8) is 0 Å². The number of ether oxygens (including phenoxy) is 1. The summed E-state index contributed by atoms with van der Waals surface area (Å²) in [6.45, 7) is 4.52. The number of anilines is 1. The van der Waals surface area contributed by atoms with Crippen LogP contribution in [0, 0.1) is 0 Å². The highest BCUT2D eigenvalue weighted by molar-refractivity contribution is 7.18. The number of nitrogen functional groups attached to an aromatic ring is 1. The average molecular weight is 289 g/mol. The van der Waals surface area contributed by atoms with Crippen molar-refractivity contribution in [2.45, 2.75) is 26.7 Å². The lowest BCUT2D eigenvalue weighted by atomic mass is 10.1. The van der Waals surface area contributed by atoms with Crippen LogP contribution in [-0.4, -0.2) is 12.6 Å². The molecular formula is C16H19NO2S. The minimum atomic E-state index is -0.328. The Bertz CT molecular complexity index is 587. The number of carbonyl (C=O) groups excluding carboxylic acids is 1. The van der Waals surface area contributed by atoms with Crippen molar-refractivity contribution < 1.29 is 9.53 Å². The summed E-state index contributed by atoms with van der Waals surface area (Å²) in [5, 5.41) is 0. The van der Waals surface area contributed by atoms with Gasteiger partial charge in [0.15, 0.2) is 0 Å². The van der Waals surface area contributed by atoms with Crippen LogP contribution >= 0.6 is 11.3 Å². The molecule has 0 spiro atoms. The van der Waals surface area contributed by atoms with Crippen molar-refractivity contribution in [2.75, 3.05) is 12.3 Å². The molecule has 20 heavy (non-hydrogen) atoms. The zero-order valence-electron chi connectivity index (χ0n) is 11.8. The van der Waals surface area contributed by atoms with Gasteiger partial charge in [-0.15, -0.1) is 11.3 Å². The number of benzene rings is 1. The molecule has 1 aromatic carbocycles. The predicted octanol–water partition coefficient (Wildman–Crippen LogP) is 4.13. The van der Waals surface area contributed by atoms with Gasteiger partial charge in [0.1, 0.15) is 4.88 Å². The number of hydrogen-bond acceptors (Lipinski definition) is 4. The maximum Gasteiger partial charge on any atom is 0.350 e. The molecule has 1 aromatic heterocycles. The molecule has 1 heterocycles. The van der Waals surface area contributed by atoms with E-state index >= 15 is 0 Å². The van der Waals surface area contributed by atoms with Gasteiger partial charge in [0.25, 0.3) is 0 Å². The Hall–Kier alpha value is -1.81. The lowest BCUT2D eigenvalue weighted by molar-refractivity contribution is 0.0512. The number of aryl methyl sites for hydroxylation is 1. The first-order valence-electron chi connectivity index (χ1n) is 6.81. The first kappa shape index (κ1) is 14.6. The van der Waals surface area contributed by atoms with Gasteiger partial charge in [-0.1, -0.05) is 38.1 Å². The molecule has 0 saturated carbocycles. The van der Waals surface area contributed by atoms with Gasteiger partial charge in [0.05, 0.1) is 12.3 Å². The molecule has 0 fully saturated rings. The average Bonchev–Trinajstić information content (AvgIpc) is 2.87. The fourth-order valence-corrected chi connectivity index (χ4v) is 2.85. The molecule has 0 saturated heterocycles. The number of esters is 1. The van der Waals surface area contributed by atoms with Crippen LogP contribution in [0.2, 0.25) is 0 Å². The third kappa shape index (κ3) is 3.20. The molecule has 0 amide bonds. The molecule has 0 aliphatic heterocycles. The van der Waals surface area contributed by atoms with Crippen LogP contribution in [0.15, 0.2) is 30.3 Å². The summed E-state index contributed by atoms with van der Waals surface area (Å²) in [5.74, 6) is -0.328. The molecule has 0 radical (unpaired) electrons. The smallest absolute Gasteiger partial charge is 0.350 e. The third-order valence-electron chi connectivity index (χ3n) is 3.03. The van der Waals surface area contributed by atoms with Crippen molar-refractivity contribution in [3.05, 3.63) is 40.8 Å². The summed E-state index contributed by atoms with van der Waals surface area (Å²) in [6, 6.07) is 10.2. The quantitative estimate of drug-likeness (QED) is 0.842. The van der Waals surface area contributed by atoms with Gasteiger partial charge in [-0.3, -0.25) is 0 Å². The number of nitrogens with two attached hydrogens (primary N) is 1. The summed E-state index contributed by atoms with van der Waals surface area (Å²) in [6.07, 6.45) is 1.82. The summed E-state index contributed by atoms with van der Waals surface area (Å²) < 4.78 is 5.14. The molecule has 2 rings (SSSR count). The molecule has 0 unspecified atom stereocenters. The minimum absolute atomic E-state index is 0.328. The van der Waals surface area contributed by atoms with Crippen molar-refractivity contribution in [3.8, 4) is 10.4 Å². The summed E-state index contributed by atoms with van der Waals surface area (Å²) >= 11 is 1.39. The Balaban J connectivity index is 2.23. The highest BCUT2D eigenvalue weighted by atomic mass is 32.1. The zero-order chi connectivity index (χ0) is 14.5. The van der Waals surface area contributed by atoms with Crippen LogP contribution in [-0.2, 0) is 11.2 Å². The Morgan fingerprint density at radius 3 is 2.55 bits per heavy atom. The molecule has 0 bridgehead atoms. The van der Waals surface area contributed by atoms with Crippen LogP contribution in [0.4, 0.5) is 5.69 Å². The summed E-state index contributed by atoms with van der Waals surface area (Å²) in [7, 11) is 0. The minimum Gasteiger partial charge on any atom is -0.461 e. The fraction of sp³-hybridized carbons (Fsp3) is 0.312.